The van der Waals surface area contributed by atoms with E-state index in [1.807, 2.05) is 6.92 Å². The maximum absolute atomic E-state index is 11.9. The molecule has 0 saturated heterocycles. The molecule has 0 aliphatic heterocycles. The SMILES string of the molecule is CC1CCC(OC(F)(F)F)C(OF)C1. The molecule has 84 valence electrons. The van der Waals surface area contributed by atoms with Crippen LogP contribution in [0.3, 0.4) is 0 Å². The van der Waals surface area contributed by atoms with Crippen molar-refractivity contribution in [3.05, 3.63) is 0 Å². The molecule has 0 amide bonds. The quantitative estimate of drug-likeness (QED) is 0.660. The van der Waals surface area contributed by atoms with Crippen molar-refractivity contribution in [2.75, 3.05) is 0 Å². The molecule has 6 heteroatoms. The molecule has 1 aliphatic carbocycles. The van der Waals surface area contributed by atoms with Crippen molar-refractivity contribution in [2.45, 2.75) is 44.8 Å². The van der Waals surface area contributed by atoms with E-state index in [1.165, 1.54) is 0 Å². The van der Waals surface area contributed by atoms with E-state index >= 15 is 0 Å². The third-order valence-corrected chi connectivity index (χ3v) is 2.39. The summed E-state index contributed by atoms with van der Waals surface area (Å²) in [5.74, 6) is 0.170. The molecule has 3 atom stereocenters. The number of ether oxygens (including phenoxy) is 1. The summed E-state index contributed by atoms with van der Waals surface area (Å²) in [6, 6.07) is 0. The van der Waals surface area contributed by atoms with Crippen molar-refractivity contribution < 1.29 is 27.4 Å². The molecule has 2 nitrogen and oxygen atoms in total. The fourth-order valence-corrected chi connectivity index (χ4v) is 1.70. The lowest BCUT2D eigenvalue weighted by atomic mass is 9.86. The fraction of sp³-hybridized carbons (Fsp3) is 1.00. The molecular formula is C8H12F4O2. The van der Waals surface area contributed by atoms with Gasteiger partial charge in [0.15, 0.2) is 0 Å². The summed E-state index contributed by atoms with van der Waals surface area (Å²) in [5, 5.41) is 0. The highest BCUT2D eigenvalue weighted by Crippen LogP contribution is 2.32. The van der Waals surface area contributed by atoms with E-state index in [0.717, 1.165) is 0 Å². The smallest absolute Gasteiger partial charge is 0.286 e. The Morgan fingerprint density at radius 2 is 1.79 bits per heavy atom. The summed E-state index contributed by atoms with van der Waals surface area (Å²) in [6.07, 6.45) is -5.99. The molecule has 1 aliphatic rings. The highest BCUT2D eigenvalue weighted by Gasteiger charge is 2.40. The topological polar surface area (TPSA) is 18.5 Å². The van der Waals surface area contributed by atoms with Crippen LogP contribution in [0.2, 0.25) is 0 Å². The van der Waals surface area contributed by atoms with Crippen LogP contribution in [0, 0.1) is 5.92 Å². The maximum Gasteiger partial charge on any atom is 0.522 e. The summed E-state index contributed by atoms with van der Waals surface area (Å²) < 4.78 is 51.2. The van der Waals surface area contributed by atoms with Crippen molar-refractivity contribution in [1.29, 1.82) is 0 Å². The molecule has 0 aromatic carbocycles. The van der Waals surface area contributed by atoms with Crippen LogP contribution in [-0.2, 0) is 9.68 Å². The van der Waals surface area contributed by atoms with Gasteiger partial charge in [-0.2, -0.15) is 4.94 Å². The summed E-state index contributed by atoms with van der Waals surface area (Å²) in [5.41, 5.74) is 0. The number of halogens is 4. The first-order chi connectivity index (χ1) is 6.42. The second-order valence-corrected chi connectivity index (χ2v) is 3.65. The highest BCUT2D eigenvalue weighted by atomic mass is 19.4. The van der Waals surface area contributed by atoms with Gasteiger partial charge in [-0.3, -0.25) is 4.74 Å². The van der Waals surface area contributed by atoms with E-state index in [1.54, 1.807) is 0 Å². The van der Waals surface area contributed by atoms with Crippen molar-refractivity contribution >= 4 is 0 Å². The van der Waals surface area contributed by atoms with E-state index in [2.05, 4.69) is 9.68 Å². The number of hydrogen-bond donors (Lipinski definition) is 0. The number of hydrogen-bond acceptors (Lipinski definition) is 2. The predicted octanol–water partition coefficient (Wildman–Crippen LogP) is 2.98. The van der Waals surface area contributed by atoms with Gasteiger partial charge >= 0.3 is 6.36 Å². The zero-order chi connectivity index (χ0) is 10.8. The Bertz CT molecular complexity index is 183. The maximum atomic E-state index is 11.9. The molecule has 0 N–H and O–H groups in total. The van der Waals surface area contributed by atoms with Gasteiger partial charge in [0.05, 0.1) is 6.10 Å². The van der Waals surface area contributed by atoms with E-state index in [-0.39, 0.29) is 18.8 Å². The van der Waals surface area contributed by atoms with Gasteiger partial charge in [-0.25, -0.2) is 0 Å². The Kier molecular flexibility index (Phi) is 3.71. The zero-order valence-corrected chi connectivity index (χ0v) is 7.68. The summed E-state index contributed by atoms with van der Waals surface area (Å²) >= 11 is 0. The average molecular weight is 216 g/mol. The Morgan fingerprint density at radius 1 is 1.14 bits per heavy atom. The monoisotopic (exact) mass is 216 g/mol. The Labute approximate surface area is 79.1 Å². The van der Waals surface area contributed by atoms with Gasteiger partial charge in [-0.1, -0.05) is 6.92 Å². The van der Waals surface area contributed by atoms with E-state index in [9.17, 15) is 17.7 Å². The molecule has 0 heterocycles. The third kappa shape index (κ3) is 3.42. The normalized spacial score (nSPS) is 34.5. The van der Waals surface area contributed by atoms with Crippen LogP contribution in [0.4, 0.5) is 17.7 Å². The molecule has 3 unspecified atom stereocenters. The van der Waals surface area contributed by atoms with Crippen molar-refractivity contribution in [3.8, 4) is 0 Å². The minimum atomic E-state index is -4.72. The summed E-state index contributed by atoms with van der Waals surface area (Å²) in [6.45, 7) is 1.84. The summed E-state index contributed by atoms with van der Waals surface area (Å²) in [4.78, 5) is 3.50. The zero-order valence-electron chi connectivity index (χ0n) is 7.68. The lowest BCUT2D eigenvalue weighted by Crippen LogP contribution is -2.39. The largest absolute Gasteiger partial charge is 0.522 e. The summed E-state index contributed by atoms with van der Waals surface area (Å²) in [7, 11) is 0. The fourth-order valence-electron chi connectivity index (χ4n) is 1.70. The molecule has 0 spiro atoms. The first-order valence-corrected chi connectivity index (χ1v) is 4.44. The molecule has 0 radical (unpaired) electrons. The molecule has 0 bridgehead atoms. The van der Waals surface area contributed by atoms with Gasteiger partial charge in [0.1, 0.15) is 6.10 Å². The predicted molar refractivity (Wildman–Crippen MR) is 39.9 cm³/mol. The van der Waals surface area contributed by atoms with Crippen LogP contribution < -0.4 is 0 Å². The van der Waals surface area contributed by atoms with Crippen LogP contribution >= 0.6 is 0 Å². The second-order valence-electron chi connectivity index (χ2n) is 3.65. The molecule has 14 heavy (non-hydrogen) atoms. The Balaban J connectivity index is 2.50. The van der Waals surface area contributed by atoms with Gasteiger partial charge in [0.25, 0.3) is 0 Å². The minimum Gasteiger partial charge on any atom is -0.286 e. The average Bonchev–Trinajstić information content (AvgIpc) is 2.06. The van der Waals surface area contributed by atoms with Crippen LogP contribution in [0.5, 0.6) is 0 Å². The molecule has 0 aromatic heterocycles. The van der Waals surface area contributed by atoms with Crippen LogP contribution in [0.15, 0.2) is 0 Å². The first-order valence-electron chi connectivity index (χ1n) is 4.44. The molecule has 1 saturated carbocycles. The standard InChI is InChI=1S/C8H12F4O2/c1-5-2-3-6(7(4-5)14-12)13-8(9,10)11/h5-7H,2-4H2,1H3. The number of rotatable bonds is 2. The minimum absolute atomic E-state index is 0.170. The van der Waals surface area contributed by atoms with Gasteiger partial charge in [-0.05, 0) is 29.7 Å². The Hall–Kier alpha value is -0.360. The third-order valence-electron chi connectivity index (χ3n) is 2.39. The Morgan fingerprint density at radius 3 is 2.29 bits per heavy atom. The van der Waals surface area contributed by atoms with Crippen LogP contribution in [0.1, 0.15) is 26.2 Å². The number of alkyl halides is 3. The van der Waals surface area contributed by atoms with Crippen LogP contribution in [-0.4, -0.2) is 18.6 Å². The first kappa shape index (κ1) is 11.7. The van der Waals surface area contributed by atoms with Gasteiger partial charge in [0.2, 0.25) is 0 Å². The molecule has 1 fully saturated rings. The molecule has 0 aromatic rings. The molecular weight excluding hydrogens is 204 g/mol. The van der Waals surface area contributed by atoms with E-state index < -0.39 is 18.6 Å². The molecule has 1 rings (SSSR count). The highest BCUT2D eigenvalue weighted by molar-refractivity contribution is 4.79. The van der Waals surface area contributed by atoms with Crippen molar-refractivity contribution in [1.82, 2.24) is 0 Å². The lowest BCUT2D eigenvalue weighted by molar-refractivity contribution is -0.367. The second kappa shape index (κ2) is 4.44. The van der Waals surface area contributed by atoms with Crippen molar-refractivity contribution in [3.63, 3.8) is 0 Å². The van der Waals surface area contributed by atoms with Gasteiger partial charge in [0, 0.05) is 0 Å². The van der Waals surface area contributed by atoms with Crippen LogP contribution in [0.25, 0.3) is 0 Å². The van der Waals surface area contributed by atoms with E-state index in [4.69, 9.17) is 0 Å². The van der Waals surface area contributed by atoms with Gasteiger partial charge < -0.3 is 0 Å². The lowest BCUT2D eigenvalue weighted by Gasteiger charge is -2.31. The van der Waals surface area contributed by atoms with Crippen molar-refractivity contribution in [2.24, 2.45) is 5.92 Å². The van der Waals surface area contributed by atoms with Gasteiger partial charge in [-0.15, -0.1) is 13.2 Å². The van der Waals surface area contributed by atoms with E-state index in [0.29, 0.717) is 6.42 Å².